The smallest absolute Gasteiger partial charge is 0.0522 e. The van der Waals surface area contributed by atoms with E-state index in [1.165, 1.54) is 11.3 Å². The molecule has 1 aliphatic carbocycles. The van der Waals surface area contributed by atoms with Gasteiger partial charge in [0.2, 0.25) is 0 Å². The van der Waals surface area contributed by atoms with Crippen molar-refractivity contribution >= 4 is 0 Å². The largest absolute Gasteiger partial charge is 0.396 e. The molecule has 0 radical (unpaired) electrons. The van der Waals surface area contributed by atoms with Crippen molar-refractivity contribution < 1.29 is 5.11 Å². The molecule has 1 atom stereocenters. The molecule has 2 N–H and O–H groups in total. The van der Waals surface area contributed by atoms with Crippen molar-refractivity contribution in [3.05, 3.63) is 17.5 Å². The van der Waals surface area contributed by atoms with Crippen LogP contribution in [0.25, 0.3) is 0 Å². The van der Waals surface area contributed by atoms with Gasteiger partial charge in [-0.15, -0.1) is 0 Å². The third kappa shape index (κ3) is 1.16. The summed E-state index contributed by atoms with van der Waals surface area (Å²) in [5.74, 6) is 0.447. The van der Waals surface area contributed by atoms with Crippen LogP contribution in [0.3, 0.4) is 0 Å². The van der Waals surface area contributed by atoms with Crippen molar-refractivity contribution in [2.45, 2.75) is 19.3 Å². The van der Waals surface area contributed by atoms with Gasteiger partial charge >= 0.3 is 0 Å². The quantitative estimate of drug-likeness (QED) is 0.616. The summed E-state index contributed by atoms with van der Waals surface area (Å²) >= 11 is 0. The number of hydrogen-bond acceptors (Lipinski definition) is 2. The van der Waals surface area contributed by atoms with Crippen LogP contribution in [0.5, 0.6) is 0 Å². The highest BCUT2D eigenvalue weighted by atomic mass is 16.3. The van der Waals surface area contributed by atoms with Gasteiger partial charge in [-0.2, -0.15) is 5.10 Å². The van der Waals surface area contributed by atoms with E-state index >= 15 is 0 Å². The Morgan fingerprint density at radius 1 is 1.73 bits per heavy atom. The second kappa shape index (κ2) is 2.66. The molecule has 60 valence electrons. The molecule has 1 aliphatic rings. The Kier molecular flexibility index (Phi) is 1.66. The van der Waals surface area contributed by atoms with E-state index < -0.39 is 0 Å². The number of H-pyrrole nitrogens is 1. The van der Waals surface area contributed by atoms with Gasteiger partial charge < -0.3 is 5.11 Å². The second-order valence-electron chi connectivity index (χ2n) is 3.17. The fourth-order valence-electron chi connectivity index (χ4n) is 1.64. The Bertz CT molecular complexity index is 244. The van der Waals surface area contributed by atoms with E-state index in [1.807, 2.05) is 6.20 Å². The molecule has 0 aliphatic heterocycles. The number of rotatable bonds is 1. The van der Waals surface area contributed by atoms with Gasteiger partial charge in [-0.3, -0.25) is 5.10 Å². The predicted molar refractivity (Wildman–Crippen MR) is 41.2 cm³/mol. The minimum Gasteiger partial charge on any atom is -0.396 e. The number of fused-ring (bicyclic) bond motifs is 1. The third-order valence-corrected chi connectivity index (χ3v) is 2.38. The molecule has 3 heteroatoms. The van der Waals surface area contributed by atoms with Crippen LogP contribution >= 0.6 is 0 Å². The normalized spacial score (nSPS) is 23.2. The number of nitrogens with one attached hydrogen (secondary N) is 1. The van der Waals surface area contributed by atoms with Gasteiger partial charge in [0.15, 0.2) is 0 Å². The van der Waals surface area contributed by atoms with E-state index in [9.17, 15) is 0 Å². The molecule has 0 fully saturated rings. The Labute approximate surface area is 65.4 Å². The molecular weight excluding hydrogens is 140 g/mol. The van der Waals surface area contributed by atoms with E-state index in [0.29, 0.717) is 12.5 Å². The SMILES string of the molecule is OCC1CCc2cn[nH]c2C1. The zero-order chi connectivity index (χ0) is 7.68. The molecule has 0 bridgehead atoms. The number of nitrogens with zero attached hydrogens (tertiary/aromatic N) is 1. The molecule has 3 nitrogen and oxygen atoms in total. The molecule has 11 heavy (non-hydrogen) atoms. The summed E-state index contributed by atoms with van der Waals surface area (Å²) in [6, 6.07) is 0. The summed E-state index contributed by atoms with van der Waals surface area (Å²) in [6.07, 6.45) is 5.02. The van der Waals surface area contributed by atoms with E-state index in [4.69, 9.17) is 5.11 Å². The molecule has 1 heterocycles. The van der Waals surface area contributed by atoms with E-state index in [0.717, 1.165) is 19.3 Å². The first kappa shape index (κ1) is 6.85. The molecule has 2 rings (SSSR count). The first-order valence-electron chi connectivity index (χ1n) is 4.02. The Morgan fingerprint density at radius 2 is 2.64 bits per heavy atom. The fourth-order valence-corrected chi connectivity index (χ4v) is 1.64. The topological polar surface area (TPSA) is 48.9 Å². The van der Waals surface area contributed by atoms with Crippen LogP contribution in [0, 0.1) is 5.92 Å². The van der Waals surface area contributed by atoms with Crippen LogP contribution in [0.2, 0.25) is 0 Å². The summed E-state index contributed by atoms with van der Waals surface area (Å²) in [5, 5.41) is 15.8. The maximum absolute atomic E-state index is 8.92. The number of aryl methyl sites for hydroxylation is 1. The van der Waals surface area contributed by atoms with Gasteiger partial charge in [-0.25, -0.2) is 0 Å². The number of aromatic amines is 1. The zero-order valence-electron chi connectivity index (χ0n) is 6.38. The van der Waals surface area contributed by atoms with Gasteiger partial charge in [0, 0.05) is 12.3 Å². The van der Waals surface area contributed by atoms with Crippen molar-refractivity contribution in [2.24, 2.45) is 5.92 Å². The highest BCUT2D eigenvalue weighted by Crippen LogP contribution is 2.22. The van der Waals surface area contributed by atoms with Gasteiger partial charge in [0.05, 0.1) is 6.20 Å². The van der Waals surface area contributed by atoms with Crippen LogP contribution in [0.1, 0.15) is 17.7 Å². The maximum atomic E-state index is 8.92. The van der Waals surface area contributed by atoms with E-state index in [2.05, 4.69) is 10.2 Å². The highest BCUT2D eigenvalue weighted by Gasteiger charge is 2.18. The lowest BCUT2D eigenvalue weighted by Gasteiger charge is -2.18. The van der Waals surface area contributed by atoms with Gasteiger partial charge in [0.1, 0.15) is 0 Å². The Balaban J connectivity index is 2.18. The molecule has 0 aromatic carbocycles. The molecule has 0 spiro atoms. The van der Waals surface area contributed by atoms with Crippen molar-refractivity contribution in [2.75, 3.05) is 6.61 Å². The lowest BCUT2D eigenvalue weighted by Crippen LogP contribution is -2.16. The van der Waals surface area contributed by atoms with Crippen LogP contribution in [-0.4, -0.2) is 21.9 Å². The number of aliphatic hydroxyl groups is 1. The first-order chi connectivity index (χ1) is 5.40. The van der Waals surface area contributed by atoms with Gasteiger partial charge in [-0.05, 0) is 30.7 Å². The average molecular weight is 152 g/mol. The molecule has 0 saturated carbocycles. The Morgan fingerprint density at radius 3 is 3.45 bits per heavy atom. The van der Waals surface area contributed by atoms with Crippen LogP contribution in [0.4, 0.5) is 0 Å². The van der Waals surface area contributed by atoms with Gasteiger partial charge in [0.25, 0.3) is 0 Å². The molecule has 0 saturated heterocycles. The second-order valence-corrected chi connectivity index (χ2v) is 3.17. The maximum Gasteiger partial charge on any atom is 0.0522 e. The standard InChI is InChI=1S/C8H12N2O/c11-5-6-1-2-7-4-9-10-8(7)3-6/h4,6,11H,1-3,5H2,(H,9,10). The van der Waals surface area contributed by atoms with E-state index in [-0.39, 0.29) is 0 Å². The molecular formula is C8H12N2O. The number of aromatic nitrogens is 2. The minimum atomic E-state index is 0.304. The van der Waals surface area contributed by atoms with Crippen molar-refractivity contribution in [3.8, 4) is 0 Å². The minimum absolute atomic E-state index is 0.304. The van der Waals surface area contributed by atoms with Crippen molar-refractivity contribution in [1.82, 2.24) is 10.2 Å². The number of hydrogen-bond donors (Lipinski definition) is 2. The molecule has 1 aromatic heterocycles. The predicted octanol–water partition coefficient (Wildman–Crippen LogP) is 0.507. The number of aliphatic hydroxyl groups excluding tert-OH is 1. The summed E-state index contributed by atoms with van der Waals surface area (Å²) < 4.78 is 0. The van der Waals surface area contributed by atoms with Crippen LogP contribution < -0.4 is 0 Å². The summed E-state index contributed by atoms with van der Waals surface area (Å²) in [4.78, 5) is 0. The lowest BCUT2D eigenvalue weighted by atomic mass is 9.89. The monoisotopic (exact) mass is 152 g/mol. The average Bonchev–Trinajstić information content (AvgIpc) is 2.50. The summed E-state index contributed by atoms with van der Waals surface area (Å²) in [5.41, 5.74) is 2.55. The molecule has 1 unspecified atom stereocenters. The highest BCUT2D eigenvalue weighted by molar-refractivity contribution is 5.19. The van der Waals surface area contributed by atoms with Crippen LogP contribution in [-0.2, 0) is 12.8 Å². The summed E-state index contributed by atoms with van der Waals surface area (Å²) in [6.45, 7) is 0.304. The Hall–Kier alpha value is -0.830. The molecule has 1 aromatic rings. The van der Waals surface area contributed by atoms with Crippen molar-refractivity contribution in [3.63, 3.8) is 0 Å². The molecule has 0 amide bonds. The summed E-state index contributed by atoms with van der Waals surface area (Å²) in [7, 11) is 0. The van der Waals surface area contributed by atoms with E-state index in [1.54, 1.807) is 0 Å². The van der Waals surface area contributed by atoms with Crippen LogP contribution in [0.15, 0.2) is 6.20 Å². The first-order valence-corrected chi connectivity index (χ1v) is 4.02. The zero-order valence-corrected chi connectivity index (χ0v) is 6.38. The van der Waals surface area contributed by atoms with Gasteiger partial charge in [-0.1, -0.05) is 0 Å². The van der Waals surface area contributed by atoms with Crippen molar-refractivity contribution in [1.29, 1.82) is 0 Å². The fraction of sp³-hybridized carbons (Fsp3) is 0.625. The third-order valence-electron chi connectivity index (χ3n) is 2.38. The lowest BCUT2D eigenvalue weighted by molar-refractivity contribution is 0.212.